The van der Waals surface area contributed by atoms with E-state index in [9.17, 15) is 27.6 Å². The van der Waals surface area contributed by atoms with Crippen molar-refractivity contribution in [3.63, 3.8) is 0 Å². The summed E-state index contributed by atoms with van der Waals surface area (Å²) in [5.41, 5.74) is 0.441. The molecule has 0 aromatic heterocycles. The van der Waals surface area contributed by atoms with Crippen LogP contribution in [0.4, 0.5) is 13.2 Å². The molecule has 2 aromatic carbocycles. The summed E-state index contributed by atoms with van der Waals surface area (Å²) in [5, 5.41) is 0.562. The van der Waals surface area contributed by atoms with E-state index in [4.69, 9.17) is 16.3 Å². The van der Waals surface area contributed by atoms with Crippen LogP contribution in [0.15, 0.2) is 36.4 Å². The molecule has 3 fully saturated rings. The van der Waals surface area contributed by atoms with E-state index in [-0.39, 0.29) is 46.9 Å². The molecule has 2 aromatic rings. The molecule has 232 valence electrons. The van der Waals surface area contributed by atoms with Gasteiger partial charge in [0, 0.05) is 61.1 Å². The minimum absolute atomic E-state index is 0.0199. The highest BCUT2D eigenvalue weighted by Crippen LogP contribution is 2.47. The van der Waals surface area contributed by atoms with Crippen LogP contribution < -0.4 is 4.74 Å². The van der Waals surface area contributed by atoms with Crippen LogP contribution in [0.2, 0.25) is 5.02 Å². The first kappa shape index (κ1) is 31.2. The Labute approximate surface area is 254 Å². The Bertz CT molecular complexity index is 1420. The second kappa shape index (κ2) is 11.7. The second-order valence-electron chi connectivity index (χ2n) is 12.4. The first-order valence-corrected chi connectivity index (χ1v) is 15.0. The highest BCUT2D eigenvalue weighted by atomic mass is 35.5. The predicted octanol–water partition coefficient (Wildman–Crippen LogP) is 5.78. The first-order valence-electron chi connectivity index (χ1n) is 14.6. The number of rotatable bonds is 6. The van der Waals surface area contributed by atoms with Crippen molar-refractivity contribution in [2.45, 2.75) is 57.7 Å². The van der Waals surface area contributed by atoms with Gasteiger partial charge < -0.3 is 19.4 Å². The van der Waals surface area contributed by atoms with Gasteiger partial charge in [-0.25, -0.2) is 0 Å². The average molecular weight is 620 g/mol. The monoisotopic (exact) mass is 619 g/mol. The van der Waals surface area contributed by atoms with E-state index in [1.54, 1.807) is 18.0 Å². The van der Waals surface area contributed by atoms with E-state index in [0.29, 0.717) is 37.5 Å². The van der Waals surface area contributed by atoms with Gasteiger partial charge in [0.25, 0.3) is 5.91 Å². The van der Waals surface area contributed by atoms with Crippen molar-refractivity contribution >= 4 is 29.3 Å². The van der Waals surface area contributed by atoms with Gasteiger partial charge in [-0.2, -0.15) is 13.2 Å². The van der Waals surface area contributed by atoms with Gasteiger partial charge in [-0.1, -0.05) is 24.6 Å². The molecule has 1 aliphatic carbocycles. The van der Waals surface area contributed by atoms with Gasteiger partial charge in [-0.15, -0.1) is 0 Å². The summed E-state index contributed by atoms with van der Waals surface area (Å²) in [4.78, 5) is 45.3. The van der Waals surface area contributed by atoms with Crippen LogP contribution in [0, 0.1) is 18.3 Å². The third kappa shape index (κ3) is 6.21. The minimum atomic E-state index is -4.70. The van der Waals surface area contributed by atoms with E-state index in [1.807, 2.05) is 30.9 Å². The number of halogens is 4. The number of likely N-dealkylation sites (N-methyl/N-ethyl adjacent to an activating group) is 1. The number of methoxy groups -OCH3 is 1. The second-order valence-corrected chi connectivity index (χ2v) is 12.8. The number of alkyl halides is 3. The topological polar surface area (TPSA) is 70.2 Å². The molecule has 2 unspecified atom stereocenters. The number of nitrogens with zero attached hydrogens (tertiary/aromatic N) is 3. The maximum Gasteiger partial charge on any atom is 0.419 e. The summed E-state index contributed by atoms with van der Waals surface area (Å²) in [6.45, 7) is 5.59. The van der Waals surface area contributed by atoms with Crippen molar-refractivity contribution in [2.75, 3.05) is 40.3 Å². The normalized spacial score (nSPS) is 22.0. The lowest BCUT2D eigenvalue weighted by Crippen LogP contribution is -2.46. The Hall–Kier alpha value is -3.27. The average Bonchev–Trinajstić information content (AvgIpc) is 3.59. The van der Waals surface area contributed by atoms with Crippen molar-refractivity contribution in [3.05, 3.63) is 63.7 Å². The molecule has 11 heteroatoms. The fourth-order valence-electron chi connectivity index (χ4n) is 6.51. The minimum Gasteiger partial charge on any atom is -0.496 e. The number of carbonyl (C=O) groups excluding carboxylic acids is 3. The molecule has 1 saturated carbocycles. The molecule has 0 spiro atoms. The molecule has 2 saturated heterocycles. The summed E-state index contributed by atoms with van der Waals surface area (Å²) in [7, 11) is 2.72. The van der Waals surface area contributed by atoms with Crippen molar-refractivity contribution in [1.29, 1.82) is 0 Å². The molecular weight excluding hydrogens is 583 g/mol. The van der Waals surface area contributed by atoms with Crippen molar-refractivity contribution in [3.8, 4) is 5.75 Å². The van der Waals surface area contributed by atoms with Crippen LogP contribution in [-0.2, 0) is 15.8 Å². The van der Waals surface area contributed by atoms with Gasteiger partial charge in [0.2, 0.25) is 11.8 Å². The zero-order chi connectivity index (χ0) is 31.3. The van der Waals surface area contributed by atoms with Crippen LogP contribution >= 0.6 is 11.6 Å². The summed E-state index contributed by atoms with van der Waals surface area (Å²) in [6, 6.07) is 8.28. The molecular formula is C32H37ClF3N3O4. The number of likely N-dealkylation sites (tertiary alicyclic amines) is 2. The Morgan fingerprint density at radius 2 is 1.70 bits per heavy atom. The van der Waals surface area contributed by atoms with E-state index < -0.39 is 23.7 Å². The third-order valence-electron chi connectivity index (χ3n) is 9.45. The van der Waals surface area contributed by atoms with Gasteiger partial charge in [0.15, 0.2) is 0 Å². The van der Waals surface area contributed by atoms with Gasteiger partial charge in [-0.3, -0.25) is 14.4 Å². The number of ether oxygens (including phenoxy) is 1. The molecule has 2 aliphatic heterocycles. The lowest BCUT2D eigenvalue weighted by atomic mass is 9.90. The van der Waals surface area contributed by atoms with Crippen LogP contribution in [0.25, 0.3) is 0 Å². The van der Waals surface area contributed by atoms with E-state index in [1.165, 1.54) is 11.0 Å². The Morgan fingerprint density at radius 3 is 2.28 bits per heavy atom. The van der Waals surface area contributed by atoms with Crippen molar-refractivity contribution in [1.82, 2.24) is 14.7 Å². The highest BCUT2D eigenvalue weighted by Gasteiger charge is 2.48. The highest BCUT2D eigenvalue weighted by molar-refractivity contribution is 6.30. The summed E-state index contributed by atoms with van der Waals surface area (Å²) in [5.74, 6) is -1.30. The molecule has 7 nitrogen and oxygen atoms in total. The van der Waals surface area contributed by atoms with E-state index in [2.05, 4.69) is 0 Å². The number of hydrogen-bond acceptors (Lipinski definition) is 4. The number of amides is 3. The molecule has 43 heavy (non-hydrogen) atoms. The van der Waals surface area contributed by atoms with Crippen molar-refractivity contribution < 1.29 is 32.3 Å². The van der Waals surface area contributed by atoms with Crippen LogP contribution in [0.5, 0.6) is 5.75 Å². The van der Waals surface area contributed by atoms with E-state index in [0.717, 1.165) is 43.2 Å². The lowest BCUT2D eigenvalue weighted by molar-refractivity contribution is -0.142. The number of hydrogen-bond donors (Lipinski definition) is 0. The predicted molar refractivity (Wildman–Crippen MR) is 156 cm³/mol. The number of carbonyl (C=O) groups is 3. The molecule has 0 bridgehead atoms. The lowest BCUT2D eigenvalue weighted by Gasteiger charge is -2.34. The largest absolute Gasteiger partial charge is 0.496 e. The van der Waals surface area contributed by atoms with Gasteiger partial charge >= 0.3 is 6.18 Å². The quantitative estimate of drug-likeness (QED) is 0.411. The van der Waals surface area contributed by atoms with Crippen LogP contribution in [-0.4, -0.2) is 78.8 Å². The third-order valence-corrected chi connectivity index (χ3v) is 9.68. The molecule has 2 atom stereocenters. The first-order chi connectivity index (χ1) is 20.2. The molecule has 0 N–H and O–H groups in total. The molecule has 3 aliphatic rings. The van der Waals surface area contributed by atoms with Gasteiger partial charge in [0.05, 0.1) is 18.7 Å². The molecule has 2 heterocycles. The maximum atomic E-state index is 13.8. The summed E-state index contributed by atoms with van der Waals surface area (Å²) < 4.78 is 46.0. The standard InChI is InChI=1S/C32H37ClF3N3O4/c1-19-15-22(33)6-7-23(19)24-17-39(29(41)20-9-13-38(14-10-20)30(42)31(2)11-12-31)18-26(24)37(3)28(40)21-5-8-27(43-4)25(16-21)32(34,35)36/h5-8,15-16,20,24,26H,9-14,17-18H2,1-4H3. The fourth-order valence-corrected chi connectivity index (χ4v) is 6.73. The molecule has 5 rings (SSSR count). The smallest absolute Gasteiger partial charge is 0.419 e. The summed E-state index contributed by atoms with van der Waals surface area (Å²) in [6.07, 6.45) is -1.73. The molecule has 0 radical (unpaired) electrons. The zero-order valence-corrected chi connectivity index (χ0v) is 25.6. The molecule has 3 amide bonds. The SMILES string of the molecule is COc1ccc(C(=O)N(C)C2CN(C(=O)C3CCN(C(=O)C4(C)CC4)CC3)CC2c2ccc(Cl)cc2C)cc1C(F)(F)F. The van der Waals surface area contributed by atoms with E-state index >= 15 is 0 Å². The fraction of sp³-hybridized carbons (Fsp3) is 0.531. The zero-order valence-electron chi connectivity index (χ0n) is 24.8. The van der Waals surface area contributed by atoms with Gasteiger partial charge in [-0.05, 0) is 74.1 Å². The summed E-state index contributed by atoms with van der Waals surface area (Å²) >= 11 is 6.22. The Kier molecular flexibility index (Phi) is 8.46. The number of aryl methyl sites for hydroxylation is 1. The Balaban J connectivity index is 1.37. The van der Waals surface area contributed by atoms with Crippen LogP contribution in [0.1, 0.15) is 65.6 Å². The maximum absolute atomic E-state index is 13.8. The number of benzene rings is 2. The Morgan fingerprint density at radius 1 is 1.02 bits per heavy atom. The van der Waals surface area contributed by atoms with Gasteiger partial charge in [0.1, 0.15) is 5.75 Å². The van der Waals surface area contributed by atoms with Crippen molar-refractivity contribution in [2.24, 2.45) is 11.3 Å². The van der Waals surface area contributed by atoms with Crippen LogP contribution in [0.3, 0.4) is 0 Å². The number of piperidine rings is 1.